The lowest BCUT2D eigenvalue weighted by atomic mass is 10.0. The Morgan fingerprint density at radius 2 is 2.00 bits per heavy atom. The molecule has 0 aliphatic heterocycles. The molecule has 2 nitrogen and oxygen atoms in total. The van der Waals surface area contributed by atoms with E-state index in [0.29, 0.717) is 12.0 Å². The first-order valence-electron chi connectivity index (χ1n) is 5.39. The fourth-order valence-electron chi connectivity index (χ4n) is 2.05. The van der Waals surface area contributed by atoms with E-state index in [4.69, 9.17) is 5.26 Å². The highest BCUT2D eigenvalue weighted by molar-refractivity contribution is 4.87. The van der Waals surface area contributed by atoms with Gasteiger partial charge in [-0.25, -0.2) is 0 Å². The third kappa shape index (κ3) is 3.78. The van der Waals surface area contributed by atoms with Crippen LogP contribution in [-0.4, -0.2) is 12.1 Å². The van der Waals surface area contributed by atoms with Crippen molar-refractivity contribution in [3.8, 4) is 6.07 Å². The molecule has 0 heterocycles. The Morgan fingerprint density at radius 1 is 1.31 bits per heavy atom. The van der Waals surface area contributed by atoms with Crippen LogP contribution < -0.4 is 5.32 Å². The molecule has 0 atom stereocenters. The number of unbranched alkanes of at least 4 members (excludes halogenated alkanes) is 2. The van der Waals surface area contributed by atoms with Crippen LogP contribution in [0.4, 0.5) is 0 Å². The van der Waals surface area contributed by atoms with Gasteiger partial charge in [0.15, 0.2) is 0 Å². The monoisotopic (exact) mass is 180 g/mol. The number of nitrogens with zero attached hydrogens (tertiary/aromatic N) is 1. The van der Waals surface area contributed by atoms with E-state index < -0.39 is 0 Å². The maximum atomic E-state index is 8.36. The highest BCUT2D eigenvalue weighted by Crippen LogP contribution is 2.28. The average Bonchev–Trinajstić information content (AvgIpc) is 2.53. The van der Waals surface area contributed by atoms with Crippen LogP contribution in [0.15, 0.2) is 0 Å². The van der Waals surface area contributed by atoms with Crippen molar-refractivity contribution in [2.75, 3.05) is 6.54 Å². The third-order valence-electron chi connectivity index (χ3n) is 2.97. The molecule has 0 radical (unpaired) electrons. The lowest BCUT2D eigenvalue weighted by Crippen LogP contribution is -2.39. The molecule has 1 aliphatic rings. The highest BCUT2D eigenvalue weighted by atomic mass is 15.0. The Bertz CT molecular complexity index is 175. The van der Waals surface area contributed by atoms with Gasteiger partial charge in [0, 0.05) is 12.0 Å². The summed E-state index contributed by atoms with van der Waals surface area (Å²) < 4.78 is 0. The zero-order valence-corrected chi connectivity index (χ0v) is 8.60. The van der Waals surface area contributed by atoms with Gasteiger partial charge in [0.05, 0.1) is 6.07 Å². The maximum absolute atomic E-state index is 8.36. The van der Waals surface area contributed by atoms with E-state index in [1.165, 1.54) is 25.7 Å². The summed E-state index contributed by atoms with van der Waals surface area (Å²) >= 11 is 0. The van der Waals surface area contributed by atoms with Crippen molar-refractivity contribution in [3.63, 3.8) is 0 Å². The fraction of sp³-hybridized carbons (Fsp3) is 0.909. The Hall–Kier alpha value is -0.550. The van der Waals surface area contributed by atoms with Gasteiger partial charge in [-0.15, -0.1) is 0 Å². The first-order valence-corrected chi connectivity index (χ1v) is 5.39. The van der Waals surface area contributed by atoms with E-state index >= 15 is 0 Å². The van der Waals surface area contributed by atoms with Gasteiger partial charge in [-0.3, -0.25) is 0 Å². The lowest BCUT2D eigenvalue weighted by Gasteiger charge is -2.25. The van der Waals surface area contributed by atoms with E-state index in [2.05, 4.69) is 18.3 Å². The van der Waals surface area contributed by atoms with Gasteiger partial charge in [0.25, 0.3) is 0 Å². The molecule has 0 aromatic heterocycles. The Morgan fingerprint density at radius 3 is 2.62 bits per heavy atom. The average molecular weight is 180 g/mol. The zero-order chi connectivity index (χ0) is 9.57. The van der Waals surface area contributed by atoms with Crippen molar-refractivity contribution in [1.29, 1.82) is 5.26 Å². The lowest BCUT2D eigenvalue weighted by molar-refractivity contribution is 0.361. The molecular weight excluding hydrogens is 160 g/mol. The van der Waals surface area contributed by atoms with Crippen LogP contribution >= 0.6 is 0 Å². The summed E-state index contributed by atoms with van der Waals surface area (Å²) in [7, 11) is 0. The molecule has 1 rings (SSSR count). The largest absolute Gasteiger partial charge is 0.312 e. The molecule has 0 aromatic carbocycles. The predicted molar refractivity (Wildman–Crippen MR) is 54.3 cm³/mol. The molecule has 74 valence electrons. The summed E-state index contributed by atoms with van der Waals surface area (Å²) in [5.74, 6) is 0. The minimum absolute atomic E-state index is 0.409. The van der Waals surface area contributed by atoms with E-state index in [-0.39, 0.29) is 0 Å². The van der Waals surface area contributed by atoms with Crippen molar-refractivity contribution in [2.45, 2.75) is 57.4 Å². The van der Waals surface area contributed by atoms with Crippen molar-refractivity contribution in [3.05, 3.63) is 0 Å². The number of hydrogen-bond donors (Lipinski definition) is 1. The van der Waals surface area contributed by atoms with Crippen LogP contribution in [0, 0.1) is 11.3 Å². The van der Waals surface area contributed by atoms with Gasteiger partial charge in [0.1, 0.15) is 0 Å². The molecule has 0 unspecified atom stereocenters. The third-order valence-corrected chi connectivity index (χ3v) is 2.97. The van der Waals surface area contributed by atoms with Gasteiger partial charge in [0.2, 0.25) is 0 Å². The quantitative estimate of drug-likeness (QED) is 0.660. The topological polar surface area (TPSA) is 35.8 Å². The highest BCUT2D eigenvalue weighted by Gasteiger charge is 2.26. The Labute approximate surface area is 81.3 Å². The molecular formula is C11H20N2. The van der Waals surface area contributed by atoms with Gasteiger partial charge in [-0.1, -0.05) is 12.8 Å². The Kier molecular flexibility index (Phi) is 4.24. The maximum Gasteiger partial charge on any atom is 0.0621 e. The number of rotatable bonds is 5. The fourth-order valence-corrected chi connectivity index (χ4v) is 2.05. The first-order chi connectivity index (χ1) is 6.27. The number of hydrogen-bond acceptors (Lipinski definition) is 2. The van der Waals surface area contributed by atoms with Crippen LogP contribution in [0.25, 0.3) is 0 Å². The van der Waals surface area contributed by atoms with Crippen LogP contribution in [-0.2, 0) is 0 Å². The summed E-state index contributed by atoms with van der Waals surface area (Å²) in [5.41, 5.74) is 0.409. The van der Waals surface area contributed by atoms with Crippen molar-refractivity contribution >= 4 is 0 Å². The minimum atomic E-state index is 0.409. The minimum Gasteiger partial charge on any atom is -0.312 e. The molecule has 1 fully saturated rings. The number of nitrogens with one attached hydrogen (secondary N) is 1. The molecule has 0 spiro atoms. The second-order valence-corrected chi connectivity index (χ2v) is 4.31. The molecule has 1 saturated carbocycles. The molecule has 0 amide bonds. The normalized spacial score (nSPS) is 20.0. The van der Waals surface area contributed by atoms with E-state index in [9.17, 15) is 0 Å². The molecule has 1 N–H and O–H groups in total. The van der Waals surface area contributed by atoms with E-state index in [1.807, 2.05) is 0 Å². The first kappa shape index (κ1) is 10.5. The summed E-state index contributed by atoms with van der Waals surface area (Å²) in [4.78, 5) is 0. The van der Waals surface area contributed by atoms with Crippen LogP contribution in [0.5, 0.6) is 0 Å². The summed E-state index contributed by atoms with van der Waals surface area (Å²) in [6.45, 7) is 3.41. The van der Waals surface area contributed by atoms with Crippen molar-refractivity contribution in [1.82, 2.24) is 5.32 Å². The smallest absolute Gasteiger partial charge is 0.0621 e. The van der Waals surface area contributed by atoms with Crippen LogP contribution in [0.3, 0.4) is 0 Å². The SMILES string of the molecule is CC1(NCCCCC#N)CCCC1. The van der Waals surface area contributed by atoms with Crippen molar-refractivity contribution < 1.29 is 0 Å². The predicted octanol–water partition coefficient (Wildman–Crippen LogP) is 2.60. The summed E-state index contributed by atoms with van der Waals surface area (Å²) in [6.07, 6.45) is 8.29. The molecule has 0 saturated heterocycles. The van der Waals surface area contributed by atoms with E-state index in [0.717, 1.165) is 19.4 Å². The molecule has 0 bridgehead atoms. The molecule has 13 heavy (non-hydrogen) atoms. The molecule has 0 aromatic rings. The standard InChI is InChI=1S/C11H20N2/c1-11(7-3-4-8-11)13-10-6-2-5-9-12/h13H,2-8,10H2,1H3. The molecule has 2 heteroatoms. The van der Waals surface area contributed by atoms with Gasteiger partial charge >= 0.3 is 0 Å². The second-order valence-electron chi connectivity index (χ2n) is 4.31. The zero-order valence-electron chi connectivity index (χ0n) is 8.60. The second kappa shape index (κ2) is 5.24. The van der Waals surface area contributed by atoms with Crippen molar-refractivity contribution in [2.24, 2.45) is 0 Å². The van der Waals surface area contributed by atoms with Crippen LogP contribution in [0.2, 0.25) is 0 Å². The van der Waals surface area contributed by atoms with Gasteiger partial charge in [-0.05, 0) is 39.2 Å². The summed E-state index contributed by atoms with van der Waals surface area (Å²) in [5, 5.41) is 12.0. The molecule has 1 aliphatic carbocycles. The Balaban J connectivity index is 2.02. The van der Waals surface area contributed by atoms with Crippen LogP contribution in [0.1, 0.15) is 51.9 Å². The number of nitriles is 1. The van der Waals surface area contributed by atoms with Gasteiger partial charge in [-0.2, -0.15) is 5.26 Å². The van der Waals surface area contributed by atoms with Gasteiger partial charge < -0.3 is 5.32 Å². The van der Waals surface area contributed by atoms with E-state index in [1.54, 1.807) is 0 Å². The summed E-state index contributed by atoms with van der Waals surface area (Å²) in [6, 6.07) is 2.18.